The van der Waals surface area contributed by atoms with E-state index in [1.54, 1.807) is 0 Å². The molecule has 1 N–H and O–H groups in total. The second-order valence-electron chi connectivity index (χ2n) is 4.47. The van der Waals surface area contributed by atoms with Crippen molar-refractivity contribution < 1.29 is 0 Å². The third kappa shape index (κ3) is 1.78. The monoisotopic (exact) mass is 210 g/mol. The fourth-order valence-electron chi connectivity index (χ4n) is 2.58. The first-order valence-electron chi connectivity index (χ1n) is 5.38. The van der Waals surface area contributed by atoms with E-state index in [2.05, 4.69) is 30.4 Å². The van der Waals surface area contributed by atoms with E-state index in [4.69, 9.17) is 12.2 Å². The number of rotatable bonds is 1. The molecule has 1 aliphatic heterocycles. The van der Waals surface area contributed by atoms with E-state index in [1.807, 2.05) is 0 Å². The lowest BCUT2D eigenvalue weighted by Crippen LogP contribution is -2.47. The van der Waals surface area contributed by atoms with Crippen LogP contribution in [0, 0.1) is 5.92 Å². The molecule has 2 unspecified atom stereocenters. The summed E-state index contributed by atoms with van der Waals surface area (Å²) in [4.78, 5) is 3.13. The van der Waals surface area contributed by atoms with Crippen LogP contribution < -0.4 is 5.32 Å². The van der Waals surface area contributed by atoms with Crippen molar-refractivity contribution in [2.24, 2.45) is 5.92 Å². The largest absolute Gasteiger partial charge is 0.381 e. The van der Waals surface area contributed by atoms with Gasteiger partial charge in [0.15, 0.2) is 0 Å². The zero-order chi connectivity index (χ0) is 10.1. The number of nitrogens with zero attached hydrogens (tertiary/aromatic N) is 1. The Hall–Kier alpha value is -0.570. The molecule has 78 valence electrons. The Balaban J connectivity index is 2.23. The molecule has 0 saturated heterocycles. The summed E-state index contributed by atoms with van der Waals surface area (Å²) < 4.78 is 0. The minimum atomic E-state index is 0.596. The van der Waals surface area contributed by atoms with Crippen LogP contribution in [0.1, 0.15) is 25.7 Å². The molecule has 1 fully saturated rings. The highest BCUT2D eigenvalue weighted by atomic mass is 32.1. The van der Waals surface area contributed by atoms with Crippen molar-refractivity contribution in [3.05, 3.63) is 11.8 Å². The van der Waals surface area contributed by atoms with Crippen molar-refractivity contribution in [2.75, 3.05) is 14.1 Å². The maximum Gasteiger partial charge on any atom is 0.101 e. The van der Waals surface area contributed by atoms with Crippen LogP contribution in [-0.2, 0) is 0 Å². The van der Waals surface area contributed by atoms with E-state index in [0.29, 0.717) is 12.0 Å². The first kappa shape index (κ1) is 9.97. The molecule has 0 aromatic rings. The van der Waals surface area contributed by atoms with E-state index < -0.39 is 0 Å². The molecule has 1 heterocycles. The highest BCUT2D eigenvalue weighted by Crippen LogP contribution is 2.33. The van der Waals surface area contributed by atoms with Gasteiger partial charge in [-0.25, -0.2) is 0 Å². The van der Waals surface area contributed by atoms with Crippen LogP contribution in [0.15, 0.2) is 11.8 Å². The quantitative estimate of drug-likeness (QED) is 0.666. The molecule has 0 aromatic heterocycles. The van der Waals surface area contributed by atoms with Crippen LogP contribution >= 0.6 is 12.2 Å². The molecule has 14 heavy (non-hydrogen) atoms. The predicted octanol–water partition coefficient (Wildman–Crippen LogP) is 1.92. The van der Waals surface area contributed by atoms with Crippen LogP contribution in [0.25, 0.3) is 0 Å². The Morgan fingerprint density at radius 3 is 2.79 bits per heavy atom. The summed E-state index contributed by atoms with van der Waals surface area (Å²) in [5.41, 5.74) is 1.42. The summed E-state index contributed by atoms with van der Waals surface area (Å²) in [5, 5.41) is 3.43. The molecule has 1 aliphatic carbocycles. The molecule has 0 aromatic carbocycles. The second-order valence-corrected chi connectivity index (χ2v) is 4.91. The van der Waals surface area contributed by atoms with Gasteiger partial charge in [0.25, 0.3) is 0 Å². The summed E-state index contributed by atoms with van der Waals surface area (Å²) >= 11 is 5.26. The third-order valence-electron chi connectivity index (χ3n) is 3.27. The number of thiocarbonyl (C=S) groups is 1. The average Bonchev–Trinajstić information content (AvgIpc) is 2.16. The molecule has 1 saturated carbocycles. The standard InChI is InChI=1S/C11H18N2S/c1-13(2)10-7-11(14)12-9-6-4-3-5-8(9)10/h7-9H,3-6H2,1-2H3,(H,12,14). The maximum atomic E-state index is 5.26. The molecule has 0 spiro atoms. The summed E-state index contributed by atoms with van der Waals surface area (Å²) in [6.45, 7) is 0. The minimum Gasteiger partial charge on any atom is -0.381 e. The van der Waals surface area contributed by atoms with Gasteiger partial charge in [0, 0.05) is 31.8 Å². The first-order valence-corrected chi connectivity index (χ1v) is 5.78. The topological polar surface area (TPSA) is 15.3 Å². The summed E-state index contributed by atoms with van der Waals surface area (Å²) in [5.74, 6) is 0.686. The summed E-state index contributed by atoms with van der Waals surface area (Å²) in [6, 6.07) is 0.596. The van der Waals surface area contributed by atoms with Gasteiger partial charge in [-0.2, -0.15) is 0 Å². The van der Waals surface area contributed by atoms with Gasteiger partial charge in [-0.1, -0.05) is 25.1 Å². The first-order chi connectivity index (χ1) is 6.68. The van der Waals surface area contributed by atoms with Crippen molar-refractivity contribution in [2.45, 2.75) is 31.7 Å². The molecule has 2 nitrogen and oxygen atoms in total. The van der Waals surface area contributed by atoms with E-state index >= 15 is 0 Å². The second kappa shape index (κ2) is 3.89. The van der Waals surface area contributed by atoms with Crippen molar-refractivity contribution in [3.8, 4) is 0 Å². The SMILES string of the molecule is CN(C)C1=CC(=S)NC2CCCCC12. The lowest BCUT2D eigenvalue weighted by molar-refractivity contribution is 0.272. The van der Waals surface area contributed by atoms with Gasteiger partial charge in [-0.3, -0.25) is 0 Å². The van der Waals surface area contributed by atoms with E-state index in [9.17, 15) is 0 Å². The van der Waals surface area contributed by atoms with Crippen molar-refractivity contribution in [3.63, 3.8) is 0 Å². The van der Waals surface area contributed by atoms with Gasteiger partial charge in [0.05, 0.1) is 0 Å². The fraction of sp³-hybridized carbons (Fsp3) is 0.727. The average molecular weight is 210 g/mol. The normalized spacial score (nSPS) is 31.6. The van der Waals surface area contributed by atoms with Gasteiger partial charge in [0.2, 0.25) is 0 Å². The Kier molecular flexibility index (Phi) is 2.77. The van der Waals surface area contributed by atoms with Gasteiger partial charge in [0.1, 0.15) is 4.99 Å². The molecule has 3 heteroatoms. The predicted molar refractivity (Wildman–Crippen MR) is 63.2 cm³/mol. The van der Waals surface area contributed by atoms with Crippen LogP contribution in [0.2, 0.25) is 0 Å². The van der Waals surface area contributed by atoms with Crippen molar-refractivity contribution in [1.82, 2.24) is 10.2 Å². The van der Waals surface area contributed by atoms with Crippen LogP contribution in [0.5, 0.6) is 0 Å². The number of hydrogen-bond donors (Lipinski definition) is 1. The van der Waals surface area contributed by atoms with E-state index in [-0.39, 0.29) is 0 Å². The fourth-order valence-corrected chi connectivity index (χ4v) is 2.86. The Bertz CT molecular complexity index is 270. The molecule has 2 rings (SSSR count). The maximum absolute atomic E-state index is 5.26. The van der Waals surface area contributed by atoms with Crippen LogP contribution in [-0.4, -0.2) is 30.0 Å². The van der Waals surface area contributed by atoms with Gasteiger partial charge >= 0.3 is 0 Å². The zero-order valence-electron chi connectivity index (χ0n) is 8.92. The zero-order valence-corrected chi connectivity index (χ0v) is 9.73. The Morgan fingerprint density at radius 1 is 1.36 bits per heavy atom. The van der Waals surface area contributed by atoms with E-state index in [1.165, 1.54) is 31.4 Å². The van der Waals surface area contributed by atoms with Gasteiger partial charge < -0.3 is 10.2 Å². The summed E-state index contributed by atoms with van der Waals surface area (Å²) in [6.07, 6.45) is 7.42. The van der Waals surface area contributed by atoms with E-state index in [0.717, 1.165) is 4.99 Å². The minimum absolute atomic E-state index is 0.596. The molecule has 0 bridgehead atoms. The van der Waals surface area contributed by atoms with Crippen molar-refractivity contribution in [1.29, 1.82) is 0 Å². The lowest BCUT2D eigenvalue weighted by Gasteiger charge is -2.40. The third-order valence-corrected chi connectivity index (χ3v) is 3.50. The molecule has 0 amide bonds. The number of hydrogen-bond acceptors (Lipinski definition) is 2. The summed E-state index contributed by atoms with van der Waals surface area (Å²) in [7, 11) is 4.23. The van der Waals surface area contributed by atoms with Crippen LogP contribution in [0.3, 0.4) is 0 Å². The van der Waals surface area contributed by atoms with Crippen molar-refractivity contribution >= 4 is 17.2 Å². The lowest BCUT2D eigenvalue weighted by atomic mass is 9.80. The molecule has 2 atom stereocenters. The number of nitrogens with one attached hydrogen (secondary N) is 1. The molecular weight excluding hydrogens is 192 g/mol. The highest BCUT2D eigenvalue weighted by molar-refractivity contribution is 7.80. The van der Waals surface area contributed by atoms with Gasteiger partial charge in [-0.15, -0.1) is 0 Å². The number of fused-ring (bicyclic) bond motifs is 1. The van der Waals surface area contributed by atoms with Gasteiger partial charge in [-0.05, 0) is 18.9 Å². The highest BCUT2D eigenvalue weighted by Gasteiger charge is 2.32. The Labute approximate surface area is 91.4 Å². The smallest absolute Gasteiger partial charge is 0.101 e. The Morgan fingerprint density at radius 2 is 2.07 bits per heavy atom. The molecular formula is C11H18N2S. The molecule has 0 radical (unpaired) electrons. The van der Waals surface area contributed by atoms with Crippen LogP contribution in [0.4, 0.5) is 0 Å². The molecule has 2 aliphatic rings.